The van der Waals surface area contributed by atoms with Crippen molar-refractivity contribution in [3.05, 3.63) is 58.7 Å². The molecule has 0 aliphatic rings. The first-order valence-corrected chi connectivity index (χ1v) is 7.83. The number of nitrogens with zero attached hydrogens (tertiary/aromatic N) is 1. The summed E-state index contributed by atoms with van der Waals surface area (Å²) in [6.07, 6.45) is 0. The van der Waals surface area contributed by atoms with Crippen LogP contribution in [0, 0.1) is 0 Å². The van der Waals surface area contributed by atoms with Gasteiger partial charge in [0.25, 0.3) is 0 Å². The van der Waals surface area contributed by atoms with Crippen LogP contribution in [0.5, 0.6) is 0 Å². The Bertz CT molecular complexity index is 514. The van der Waals surface area contributed by atoms with E-state index in [1.165, 1.54) is 5.56 Å². The first kappa shape index (κ1) is 14.2. The Hall–Kier alpha value is -1.19. The van der Waals surface area contributed by atoms with Gasteiger partial charge in [-0.3, -0.25) is 0 Å². The molecule has 0 saturated heterocycles. The smallest absolute Gasteiger partial charge is 0.126 e. The normalized spacial score (nSPS) is 10.4. The van der Waals surface area contributed by atoms with Gasteiger partial charge in [0.1, 0.15) is 5.82 Å². The molecular formula is C15H17ClN2S. The van der Waals surface area contributed by atoms with Gasteiger partial charge in [-0.05, 0) is 36.8 Å². The summed E-state index contributed by atoms with van der Waals surface area (Å²) in [6, 6.07) is 14.1. The van der Waals surface area contributed by atoms with E-state index in [-0.39, 0.29) is 0 Å². The number of hydrogen-bond donors (Lipinski definition) is 1. The van der Waals surface area contributed by atoms with Crippen LogP contribution in [0.3, 0.4) is 0 Å². The van der Waals surface area contributed by atoms with E-state index in [0.717, 1.165) is 34.6 Å². The predicted molar refractivity (Wildman–Crippen MR) is 84.9 cm³/mol. The summed E-state index contributed by atoms with van der Waals surface area (Å²) in [5.41, 5.74) is 2.40. The zero-order chi connectivity index (χ0) is 13.5. The lowest BCUT2D eigenvalue weighted by atomic mass is 10.2. The predicted octanol–water partition coefficient (Wildman–Crippen LogP) is 4.60. The van der Waals surface area contributed by atoms with Gasteiger partial charge in [0.2, 0.25) is 0 Å². The van der Waals surface area contributed by atoms with E-state index in [4.69, 9.17) is 11.6 Å². The van der Waals surface area contributed by atoms with Gasteiger partial charge in [0.15, 0.2) is 0 Å². The molecule has 0 spiro atoms. The number of halogens is 1. The molecule has 0 aliphatic carbocycles. The van der Waals surface area contributed by atoms with Crippen molar-refractivity contribution >= 4 is 29.2 Å². The third-order valence-corrected chi connectivity index (χ3v) is 3.89. The summed E-state index contributed by atoms with van der Waals surface area (Å²) >= 11 is 7.72. The van der Waals surface area contributed by atoms with E-state index < -0.39 is 0 Å². The third-order valence-electron chi connectivity index (χ3n) is 2.60. The molecule has 2 rings (SSSR count). The molecule has 1 N–H and O–H groups in total. The van der Waals surface area contributed by atoms with E-state index in [9.17, 15) is 0 Å². The Balaban J connectivity index is 1.85. The minimum atomic E-state index is 0.786. The van der Waals surface area contributed by atoms with Crippen molar-refractivity contribution in [3.63, 3.8) is 0 Å². The lowest BCUT2D eigenvalue weighted by Crippen LogP contribution is -2.00. The average Bonchev–Trinajstić information content (AvgIpc) is 2.42. The maximum Gasteiger partial charge on any atom is 0.126 e. The van der Waals surface area contributed by atoms with Crippen molar-refractivity contribution in [2.45, 2.75) is 18.4 Å². The van der Waals surface area contributed by atoms with Crippen LogP contribution in [-0.2, 0) is 11.5 Å². The molecule has 0 atom stereocenters. The molecule has 0 fully saturated rings. The summed E-state index contributed by atoms with van der Waals surface area (Å²) < 4.78 is 0. The quantitative estimate of drug-likeness (QED) is 0.842. The monoisotopic (exact) mass is 292 g/mol. The van der Waals surface area contributed by atoms with E-state index in [0.29, 0.717) is 0 Å². The van der Waals surface area contributed by atoms with Gasteiger partial charge in [-0.15, -0.1) is 0 Å². The van der Waals surface area contributed by atoms with Crippen molar-refractivity contribution in [2.75, 3.05) is 11.9 Å². The van der Waals surface area contributed by atoms with Gasteiger partial charge in [0, 0.05) is 23.1 Å². The molecule has 1 aromatic heterocycles. The highest BCUT2D eigenvalue weighted by Crippen LogP contribution is 2.19. The molecular weight excluding hydrogens is 276 g/mol. The maximum atomic E-state index is 5.86. The van der Waals surface area contributed by atoms with Crippen molar-refractivity contribution in [1.29, 1.82) is 0 Å². The molecule has 19 heavy (non-hydrogen) atoms. The van der Waals surface area contributed by atoms with E-state index >= 15 is 0 Å². The Morgan fingerprint density at radius 1 is 1.11 bits per heavy atom. The Morgan fingerprint density at radius 3 is 2.63 bits per heavy atom. The molecule has 0 aliphatic heterocycles. The van der Waals surface area contributed by atoms with E-state index in [1.807, 2.05) is 36.0 Å². The second-order valence-corrected chi connectivity index (χ2v) is 5.59. The fourth-order valence-corrected chi connectivity index (χ4v) is 2.72. The third kappa shape index (κ3) is 4.77. The number of pyridine rings is 1. The van der Waals surface area contributed by atoms with Crippen LogP contribution in [0.1, 0.15) is 18.2 Å². The lowest BCUT2D eigenvalue weighted by molar-refractivity contribution is 1.11. The van der Waals surface area contributed by atoms with Crippen LogP contribution < -0.4 is 5.32 Å². The molecule has 0 unspecified atom stereocenters. The number of rotatable bonds is 6. The van der Waals surface area contributed by atoms with Crippen molar-refractivity contribution < 1.29 is 0 Å². The Morgan fingerprint density at radius 2 is 1.89 bits per heavy atom. The van der Waals surface area contributed by atoms with Crippen molar-refractivity contribution in [3.8, 4) is 0 Å². The average molecular weight is 293 g/mol. The molecule has 4 heteroatoms. The summed E-state index contributed by atoms with van der Waals surface area (Å²) in [6.45, 7) is 2.97. The van der Waals surface area contributed by atoms with Crippen LogP contribution in [0.25, 0.3) is 0 Å². The second-order valence-electron chi connectivity index (χ2n) is 4.16. The molecule has 2 nitrogen and oxygen atoms in total. The van der Waals surface area contributed by atoms with Gasteiger partial charge in [-0.2, -0.15) is 11.8 Å². The number of hydrogen-bond acceptors (Lipinski definition) is 3. The first-order valence-electron chi connectivity index (χ1n) is 6.30. The van der Waals surface area contributed by atoms with E-state index in [1.54, 1.807) is 0 Å². The fraction of sp³-hybridized carbons (Fsp3) is 0.267. The van der Waals surface area contributed by atoms with Crippen molar-refractivity contribution in [1.82, 2.24) is 4.98 Å². The molecule has 2 aromatic rings. The summed E-state index contributed by atoms with van der Waals surface area (Å²) in [7, 11) is 0. The van der Waals surface area contributed by atoms with Gasteiger partial charge >= 0.3 is 0 Å². The van der Waals surface area contributed by atoms with Crippen LogP contribution in [0.4, 0.5) is 5.82 Å². The minimum Gasteiger partial charge on any atom is -0.370 e. The number of benzene rings is 1. The fourth-order valence-electron chi connectivity index (χ4n) is 1.69. The van der Waals surface area contributed by atoms with Crippen LogP contribution in [0.15, 0.2) is 42.5 Å². The lowest BCUT2D eigenvalue weighted by Gasteiger charge is -2.05. The summed E-state index contributed by atoms with van der Waals surface area (Å²) in [5.74, 6) is 2.85. The largest absolute Gasteiger partial charge is 0.370 e. The molecule has 100 valence electrons. The molecule has 0 bridgehead atoms. The number of anilines is 1. The highest BCUT2D eigenvalue weighted by molar-refractivity contribution is 7.97. The zero-order valence-electron chi connectivity index (χ0n) is 10.9. The molecule has 0 radical (unpaired) electrons. The summed E-state index contributed by atoms with van der Waals surface area (Å²) in [5, 5.41) is 4.01. The number of thioether (sulfide) groups is 1. The highest BCUT2D eigenvalue weighted by atomic mass is 35.5. The number of nitrogens with one attached hydrogen (secondary N) is 1. The Labute approximate surface area is 123 Å². The second kappa shape index (κ2) is 7.41. The number of aromatic nitrogens is 1. The van der Waals surface area contributed by atoms with Crippen LogP contribution in [0.2, 0.25) is 5.02 Å². The van der Waals surface area contributed by atoms with Gasteiger partial charge in [-0.25, -0.2) is 4.98 Å². The van der Waals surface area contributed by atoms with E-state index in [2.05, 4.69) is 35.4 Å². The van der Waals surface area contributed by atoms with Crippen molar-refractivity contribution in [2.24, 2.45) is 0 Å². The maximum absolute atomic E-state index is 5.86. The zero-order valence-corrected chi connectivity index (χ0v) is 12.5. The topological polar surface area (TPSA) is 24.9 Å². The molecule has 1 aromatic carbocycles. The highest BCUT2D eigenvalue weighted by Gasteiger charge is 1.99. The molecule has 0 amide bonds. The van der Waals surface area contributed by atoms with Gasteiger partial charge in [0.05, 0.1) is 5.69 Å². The SMILES string of the molecule is CCNc1cccc(CSCc2ccc(Cl)cc2)n1. The standard InChI is InChI=1S/C15H17ClN2S/c1-2-17-15-5-3-4-14(18-15)11-19-10-12-6-8-13(16)9-7-12/h3-9H,2,10-11H2,1H3,(H,17,18). The van der Waals surface area contributed by atoms with Crippen LogP contribution in [-0.4, -0.2) is 11.5 Å². The molecule has 0 saturated carbocycles. The minimum absolute atomic E-state index is 0.786. The Kier molecular flexibility index (Phi) is 5.55. The summed E-state index contributed by atoms with van der Waals surface area (Å²) in [4.78, 5) is 4.55. The van der Waals surface area contributed by atoms with Crippen LogP contribution >= 0.6 is 23.4 Å². The van der Waals surface area contributed by atoms with Gasteiger partial charge < -0.3 is 5.32 Å². The first-order chi connectivity index (χ1) is 9.28. The molecule has 1 heterocycles. The van der Waals surface area contributed by atoms with Gasteiger partial charge in [-0.1, -0.05) is 29.8 Å².